The molecular formula is C30H36ClNO3. The van der Waals surface area contributed by atoms with E-state index in [0.29, 0.717) is 25.4 Å². The van der Waals surface area contributed by atoms with Crippen molar-refractivity contribution in [3.8, 4) is 16.9 Å². The van der Waals surface area contributed by atoms with Crippen LogP contribution in [0.2, 0.25) is 0 Å². The Balaban J connectivity index is 0.00000289. The smallest absolute Gasteiger partial charge is 0.164 e. The van der Waals surface area contributed by atoms with Crippen LogP contribution in [0.25, 0.3) is 11.1 Å². The number of rotatable bonds is 7. The lowest BCUT2D eigenvalue weighted by Gasteiger charge is -2.35. The van der Waals surface area contributed by atoms with Crippen LogP contribution in [0.5, 0.6) is 5.75 Å². The first kappa shape index (κ1) is 25.7. The van der Waals surface area contributed by atoms with Crippen LogP contribution in [0, 0.1) is 5.92 Å². The van der Waals surface area contributed by atoms with Crippen LogP contribution in [-0.4, -0.2) is 40.5 Å². The monoisotopic (exact) mass is 493 g/mol. The lowest BCUT2D eigenvalue weighted by Crippen LogP contribution is -2.44. The highest BCUT2D eigenvalue weighted by molar-refractivity contribution is 5.85. The minimum atomic E-state index is -1.45. The second-order valence-corrected chi connectivity index (χ2v) is 10.0. The molecule has 0 spiro atoms. The highest BCUT2D eigenvalue weighted by Gasteiger charge is 2.29. The van der Waals surface area contributed by atoms with Gasteiger partial charge in [0.15, 0.2) is 5.79 Å². The SMILES string of the molecule is Cl.OC1(O)CCN(CCC2CCc3cc(OCc4ccc(-c5ccccc5)cc4)ccc3C2)CC1. The molecule has 1 aliphatic heterocycles. The van der Waals surface area contributed by atoms with Crippen LogP contribution in [0.1, 0.15) is 42.4 Å². The Morgan fingerprint density at radius 1 is 0.857 bits per heavy atom. The van der Waals surface area contributed by atoms with Gasteiger partial charge in [-0.25, -0.2) is 0 Å². The normalized spacial score (nSPS) is 19.4. The molecule has 0 bridgehead atoms. The van der Waals surface area contributed by atoms with E-state index in [-0.39, 0.29) is 12.4 Å². The number of hydrogen-bond acceptors (Lipinski definition) is 4. The van der Waals surface area contributed by atoms with Crippen molar-refractivity contribution in [2.45, 2.75) is 50.9 Å². The van der Waals surface area contributed by atoms with Crippen LogP contribution in [0.15, 0.2) is 72.8 Å². The zero-order chi connectivity index (χ0) is 23.4. The van der Waals surface area contributed by atoms with Crippen LogP contribution in [0.3, 0.4) is 0 Å². The van der Waals surface area contributed by atoms with Gasteiger partial charge in [0.1, 0.15) is 12.4 Å². The molecule has 0 radical (unpaired) electrons. The number of piperidine rings is 1. The molecule has 5 rings (SSSR count). The van der Waals surface area contributed by atoms with Crippen molar-refractivity contribution in [3.63, 3.8) is 0 Å². The van der Waals surface area contributed by atoms with E-state index in [1.54, 1.807) is 0 Å². The van der Waals surface area contributed by atoms with Gasteiger partial charge in [-0.2, -0.15) is 0 Å². The number of benzene rings is 3. The highest BCUT2D eigenvalue weighted by atomic mass is 35.5. The number of aryl methyl sites for hydroxylation is 1. The number of halogens is 1. The molecule has 35 heavy (non-hydrogen) atoms. The summed E-state index contributed by atoms with van der Waals surface area (Å²) in [6, 6.07) is 25.7. The zero-order valence-electron chi connectivity index (χ0n) is 20.2. The van der Waals surface area contributed by atoms with E-state index in [0.717, 1.165) is 38.2 Å². The molecule has 186 valence electrons. The van der Waals surface area contributed by atoms with Crippen LogP contribution in [0.4, 0.5) is 0 Å². The summed E-state index contributed by atoms with van der Waals surface area (Å²) in [4.78, 5) is 2.38. The number of fused-ring (bicyclic) bond motifs is 1. The zero-order valence-corrected chi connectivity index (χ0v) is 21.1. The van der Waals surface area contributed by atoms with Crippen LogP contribution >= 0.6 is 12.4 Å². The van der Waals surface area contributed by atoms with E-state index >= 15 is 0 Å². The number of nitrogens with zero attached hydrogens (tertiary/aromatic N) is 1. The molecule has 1 fully saturated rings. The molecular weight excluding hydrogens is 458 g/mol. The third-order valence-corrected chi connectivity index (χ3v) is 7.49. The lowest BCUT2D eigenvalue weighted by molar-refractivity contribution is -0.188. The minimum absolute atomic E-state index is 0. The van der Waals surface area contributed by atoms with Gasteiger partial charge in [-0.05, 0) is 78.1 Å². The maximum Gasteiger partial charge on any atom is 0.164 e. The van der Waals surface area contributed by atoms with Crippen molar-refractivity contribution < 1.29 is 14.9 Å². The van der Waals surface area contributed by atoms with Gasteiger partial charge in [-0.1, -0.05) is 60.7 Å². The van der Waals surface area contributed by atoms with E-state index in [1.807, 2.05) is 6.07 Å². The molecule has 3 aromatic rings. The predicted octanol–water partition coefficient (Wildman–Crippen LogP) is 5.63. The first-order chi connectivity index (χ1) is 16.5. The molecule has 1 heterocycles. The third kappa shape index (κ3) is 6.86. The fourth-order valence-corrected chi connectivity index (χ4v) is 5.23. The van der Waals surface area contributed by atoms with Crippen molar-refractivity contribution in [1.82, 2.24) is 4.90 Å². The van der Waals surface area contributed by atoms with E-state index < -0.39 is 5.79 Å². The molecule has 1 saturated heterocycles. The van der Waals surface area contributed by atoms with Gasteiger partial charge in [-0.15, -0.1) is 12.4 Å². The Morgan fingerprint density at radius 3 is 2.31 bits per heavy atom. The first-order valence-corrected chi connectivity index (χ1v) is 12.6. The van der Waals surface area contributed by atoms with E-state index in [1.165, 1.54) is 40.7 Å². The summed E-state index contributed by atoms with van der Waals surface area (Å²) >= 11 is 0. The number of ether oxygens (including phenoxy) is 1. The topological polar surface area (TPSA) is 52.9 Å². The second kappa shape index (κ2) is 11.6. The molecule has 5 heteroatoms. The Kier molecular flexibility index (Phi) is 8.51. The van der Waals surface area contributed by atoms with E-state index in [2.05, 4.69) is 71.6 Å². The molecule has 0 aromatic heterocycles. The summed E-state index contributed by atoms with van der Waals surface area (Å²) in [7, 11) is 0. The lowest BCUT2D eigenvalue weighted by atomic mass is 9.82. The van der Waals surface area contributed by atoms with Crippen molar-refractivity contribution in [2.75, 3.05) is 19.6 Å². The van der Waals surface area contributed by atoms with E-state index in [4.69, 9.17) is 4.74 Å². The first-order valence-electron chi connectivity index (χ1n) is 12.6. The number of aliphatic hydroxyl groups is 2. The summed E-state index contributed by atoms with van der Waals surface area (Å²) in [5.41, 5.74) is 6.52. The Bertz CT molecular complexity index is 1070. The average molecular weight is 494 g/mol. The minimum Gasteiger partial charge on any atom is -0.489 e. The highest BCUT2D eigenvalue weighted by Crippen LogP contribution is 2.31. The van der Waals surface area contributed by atoms with Gasteiger partial charge in [0.2, 0.25) is 0 Å². The van der Waals surface area contributed by atoms with Gasteiger partial charge in [0.25, 0.3) is 0 Å². The standard InChI is InChI=1S/C30H35NO3.ClH/c32-30(33)15-18-31(19-16-30)17-14-23-6-11-28-21-29(13-12-27(28)20-23)34-22-24-7-9-26(10-8-24)25-4-2-1-3-5-25;/h1-5,7-10,12-13,21,23,32-33H,6,11,14-20,22H2;1H. The largest absolute Gasteiger partial charge is 0.489 e. The summed E-state index contributed by atoms with van der Waals surface area (Å²) in [6.45, 7) is 3.20. The summed E-state index contributed by atoms with van der Waals surface area (Å²) in [6.07, 6.45) is 5.56. The van der Waals surface area contributed by atoms with Gasteiger partial charge >= 0.3 is 0 Å². The van der Waals surface area contributed by atoms with Gasteiger partial charge in [0, 0.05) is 25.9 Å². The van der Waals surface area contributed by atoms with Crippen LogP contribution in [-0.2, 0) is 19.4 Å². The van der Waals surface area contributed by atoms with Gasteiger partial charge < -0.3 is 19.8 Å². The van der Waals surface area contributed by atoms with Crippen molar-refractivity contribution >= 4 is 12.4 Å². The molecule has 0 amide bonds. The Labute approximate surface area is 215 Å². The Hall–Kier alpha value is -2.37. The quantitative estimate of drug-likeness (QED) is 0.419. The van der Waals surface area contributed by atoms with Crippen LogP contribution < -0.4 is 4.74 Å². The molecule has 1 atom stereocenters. The van der Waals surface area contributed by atoms with Gasteiger partial charge in [-0.3, -0.25) is 0 Å². The maximum atomic E-state index is 9.72. The Morgan fingerprint density at radius 2 is 1.57 bits per heavy atom. The predicted molar refractivity (Wildman–Crippen MR) is 143 cm³/mol. The van der Waals surface area contributed by atoms with Crippen molar-refractivity contribution in [1.29, 1.82) is 0 Å². The number of hydrogen-bond donors (Lipinski definition) is 2. The molecule has 1 aliphatic carbocycles. The molecule has 2 aliphatic rings. The fourth-order valence-electron chi connectivity index (χ4n) is 5.23. The summed E-state index contributed by atoms with van der Waals surface area (Å²) in [5.74, 6) is 0.206. The molecule has 2 N–H and O–H groups in total. The maximum absolute atomic E-state index is 9.72. The van der Waals surface area contributed by atoms with Gasteiger partial charge in [0.05, 0.1) is 0 Å². The number of likely N-dealkylation sites (tertiary alicyclic amines) is 1. The molecule has 4 nitrogen and oxygen atoms in total. The van der Waals surface area contributed by atoms with E-state index in [9.17, 15) is 10.2 Å². The molecule has 0 saturated carbocycles. The third-order valence-electron chi connectivity index (χ3n) is 7.49. The summed E-state index contributed by atoms with van der Waals surface area (Å²) < 4.78 is 6.13. The average Bonchev–Trinajstić information content (AvgIpc) is 2.87. The fraction of sp³-hybridized carbons (Fsp3) is 0.400. The van der Waals surface area contributed by atoms with Crippen molar-refractivity contribution in [3.05, 3.63) is 89.5 Å². The molecule has 3 aromatic carbocycles. The van der Waals surface area contributed by atoms with Crippen molar-refractivity contribution in [2.24, 2.45) is 5.92 Å². The second-order valence-electron chi connectivity index (χ2n) is 10.0. The summed E-state index contributed by atoms with van der Waals surface area (Å²) in [5, 5.41) is 19.4. The molecule has 1 unspecified atom stereocenters.